The van der Waals surface area contributed by atoms with E-state index in [1.807, 2.05) is 4.68 Å². The summed E-state index contributed by atoms with van der Waals surface area (Å²) in [6, 6.07) is 0.346. The third-order valence-corrected chi connectivity index (χ3v) is 4.13. The highest BCUT2D eigenvalue weighted by Gasteiger charge is 2.24. The molecule has 0 bridgehead atoms. The Hall–Kier alpha value is -0.940. The number of nitrogens with zero attached hydrogens (tertiary/aromatic N) is 3. The maximum atomic E-state index is 9.41. The smallest absolute Gasteiger partial charge is 0.141 e. The molecular weight excluding hydrogens is 240 g/mol. The zero-order valence-electron chi connectivity index (χ0n) is 12.0. The van der Waals surface area contributed by atoms with Crippen molar-refractivity contribution in [3.8, 4) is 0 Å². The zero-order chi connectivity index (χ0) is 13.7. The summed E-state index contributed by atoms with van der Waals surface area (Å²) in [4.78, 5) is 4.30. The number of aliphatic hydroxyl groups is 1. The standard InChI is InChI=1S/C14H26N4O/c1-11(2)18-14(16-10-17-18)8-15-7-12-5-3-4-6-13(12)9-19/h10-13,15,19H,3-9H2,1-2H3. The quantitative estimate of drug-likeness (QED) is 0.823. The lowest BCUT2D eigenvalue weighted by molar-refractivity contribution is 0.133. The van der Waals surface area contributed by atoms with Gasteiger partial charge in [-0.05, 0) is 45.1 Å². The molecule has 1 saturated carbocycles. The molecule has 1 aliphatic carbocycles. The van der Waals surface area contributed by atoms with E-state index in [9.17, 15) is 5.11 Å². The molecule has 0 aromatic carbocycles. The van der Waals surface area contributed by atoms with Crippen molar-refractivity contribution in [2.75, 3.05) is 13.2 Å². The lowest BCUT2D eigenvalue weighted by Crippen LogP contribution is -2.32. The summed E-state index contributed by atoms with van der Waals surface area (Å²) < 4.78 is 1.96. The first-order valence-electron chi connectivity index (χ1n) is 7.42. The summed E-state index contributed by atoms with van der Waals surface area (Å²) in [5.41, 5.74) is 0. The monoisotopic (exact) mass is 266 g/mol. The van der Waals surface area contributed by atoms with Crippen LogP contribution in [0.4, 0.5) is 0 Å². The summed E-state index contributed by atoms with van der Waals surface area (Å²) in [7, 11) is 0. The van der Waals surface area contributed by atoms with Crippen LogP contribution in [0, 0.1) is 11.8 Å². The van der Waals surface area contributed by atoms with Crippen LogP contribution in [0.3, 0.4) is 0 Å². The predicted molar refractivity (Wildman–Crippen MR) is 74.6 cm³/mol. The molecule has 19 heavy (non-hydrogen) atoms. The van der Waals surface area contributed by atoms with E-state index in [4.69, 9.17) is 0 Å². The molecule has 1 aromatic rings. The molecular formula is C14H26N4O. The Morgan fingerprint density at radius 1 is 1.37 bits per heavy atom. The zero-order valence-corrected chi connectivity index (χ0v) is 12.0. The van der Waals surface area contributed by atoms with Crippen LogP contribution in [-0.4, -0.2) is 33.0 Å². The van der Waals surface area contributed by atoms with E-state index < -0.39 is 0 Å². The van der Waals surface area contributed by atoms with Gasteiger partial charge < -0.3 is 10.4 Å². The average Bonchev–Trinajstić information content (AvgIpc) is 2.88. The van der Waals surface area contributed by atoms with Gasteiger partial charge in [0.15, 0.2) is 0 Å². The summed E-state index contributed by atoms with van der Waals surface area (Å²) in [5, 5.41) is 17.1. The van der Waals surface area contributed by atoms with Crippen LogP contribution in [0.25, 0.3) is 0 Å². The van der Waals surface area contributed by atoms with Gasteiger partial charge in [0.1, 0.15) is 12.2 Å². The number of aliphatic hydroxyl groups excluding tert-OH is 1. The van der Waals surface area contributed by atoms with E-state index in [-0.39, 0.29) is 0 Å². The highest BCUT2D eigenvalue weighted by atomic mass is 16.3. The molecule has 1 aromatic heterocycles. The Balaban J connectivity index is 1.80. The summed E-state index contributed by atoms with van der Waals surface area (Å²) >= 11 is 0. The molecule has 2 rings (SSSR count). The van der Waals surface area contributed by atoms with Crippen LogP contribution >= 0.6 is 0 Å². The van der Waals surface area contributed by atoms with Crippen molar-refractivity contribution in [1.82, 2.24) is 20.1 Å². The number of rotatable bonds is 6. The normalized spacial score (nSPS) is 24.0. The van der Waals surface area contributed by atoms with Crippen LogP contribution < -0.4 is 5.32 Å². The van der Waals surface area contributed by atoms with Crippen molar-refractivity contribution in [3.63, 3.8) is 0 Å². The molecule has 1 aliphatic rings. The molecule has 0 saturated heterocycles. The maximum absolute atomic E-state index is 9.41. The Labute approximate surface area is 115 Å². The maximum Gasteiger partial charge on any atom is 0.141 e. The van der Waals surface area contributed by atoms with Crippen molar-refractivity contribution < 1.29 is 5.11 Å². The number of aromatic nitrogens is 3. The van der Waals surface area contributed by atoms with Crippen LogP contribution in [0.1, 0.15) is 51.4 Å². The fourth-order valence-electron chi connectivity index (χ4n) is 2.99. The van der Waals surface area contributed by atoms with Gasteiger partial charge in [-0.1, -0.05) is 12.8 Å². The molecule has 108 valence electrons. The molecule has 5 heteroatoms. The van der Waals surface area contributed by atoms with Gasteiger partial charge in [0.2, 0.25) is 0 Å². The Bertz CT molecular complexity index is 377. The van der Waals surface area contributed by atoms with Crippen molar-refractivity contribution >= 4 is 0 Å². The van der Waals surface area contributed by atoms with Gasteiger partial charge in [0, 0.05) is 12.6 Å². The van der Waals surface area contributed by atoms with Crippen molar-refractivity contribution in [1.29, 1.82) is 0 Å². The molecule has 2 atom stereocenters. The number of nitrogens with one attached hydrogen (secondary N) is 1. The minimum atomic E-state index is 0.328. The average molecular weight is 266 g/mol. The summed E-state index contributed by atoms with van der Waals surface area (Å²) in [6.45, 7) is 6.28. The van der Waals surface area contributed by atoms with E-state index in [0.29, 0.717) is 24.5 Å². The van der Waals surface area contributed by atoms with Gasteiger partial charge in [0.25, 0.3) is 0 Å². The Morgan fingerprint density at radius 2 is 2.11 bits per heavy atom. The third kappa shape index (κ3) is 3.76. The van der Waals surface area contributed by atoms with Crippen molar-refractivity contribution in [2.24, 2.45) is 11.8 Å². The minimum Gasteiger partial charge on any atom is -0.396 e. The first kappa shape index (κ1) is 14.5. The van der Waals surface area contributed by atoms with Crippen LogP contribution in [0.5, 0.6) is 0 Å². The summed E-state index contributed by atoms with van der Waals surface area (Å²) in [5.74, 6) is 2.07. The fraction of sp³-hybridized carbons (Fsp3) is 0.857. The van der Waals surface area contributed by atoms with Gasteiger partial charge >= 0.3 is 0 Å². The highest BCUT2D eigenvalue weighted by molar-refractivity contribution is 4.86. The fourth-order valence-corrected chi connectivity index (χ4v) is 2.99. The molecule has 0 aliphatic heterocycles. The van der Waals surface area contributed by atoms with E-state index >= 15 is 0 Å². The van der Waals surface area contributed by atoms with Gasteiger partial charge in [0.05, 0.1) is 6.54 Å². The van der Waals surface area contributed by atoms with E-state index in [0.717, 1.165) is 18.9 Å². The number of hydrogen-bond donors (Lipinski definition) is 2. The molecule has 0 spiro atoms. The van der Waals surface area contributed by atoms with Gasteiger partial charge in [-0.15, -0.1) is 0 Å². The van der Waals surface area contributed by atoms with Crippen LogP contribution in [-0.2, 0) is 6.54 Å². The summed E-state index contributed by atoms with van der Waals surface area (Å²) in [6.07, 6.45) is 6.59. The second-order valence-electron chi connectivity index (χ2n) is 5.83. The first-order chi connectivity index (χ1) is 9.22. The van der Waals surface area contributed by atoms with E-state index in [1.165, 1.54) is 25.7 Å². The minimum absolute atomic E-state index is 0.328. The van der Waals surface area contributed by atoms with Gasteiger partial charge in [-0.2, -0.15) is 5.10 Å². The molecule has 1 heterocycles. The molecule has 2 unspecified atom stereocenters. The second-order valence-corrected chi connectivity index (χ2v) is 5.83. The van der Waals surface area contributed by atoms with Crippen LogP contribution in [0.15, 0.2) is 6.33 Å². The molecule has 5 nitrogen and oxygen atoms in total. The van der Waals surface area contributed by atoms with Gasteiger partial charge in [-0.3, -0.25) is 0 Å². The highest BCUT2D eigenvalue weighted by Crippen LogP contribution is 2.29. The SMILES string of the molecule is CC(C)n1ncnc1CNCC1CCCCC1CO. The Kier molecular flexibility index (Phi) is 5.34. The van der Waals surface area contributed by atoms with Crippen molar-refractivity contribution in [2.45, 2.75) is 52.1 Å². The number of hydrogen-bond acceptors (Lipinski definition) is 4. The molecule has 2 N–H and O–H groups in total. The second kappa shape index (κ2) is 7.01. The molecule has 1 fully saturated rings. The lowest BCUT2D eigenvalue weighted by atomic mass is 9.79. The van der Waals surface area contributed by atoms with Gasteiger partial charge in [-0.25, -0.2) is 9.67 Å². The predicted octanol–water partition coefficient (Wildman–Crippen LogP) is 1.75. The van der Waals surface area contributed by atoms with E-state index in [1.54, 1.807) is 6.33 Å². The first-order valence-corrected chi connectivity index (χ1v) is 7.42. The van der Waals surface area contributed by atoms with Crippen LogP contribution in [0.2, 0.25) is 0 Å². The van der Waals surface area contributed by atoms with Crippen molar-refractivity contribution in [3.05, 3.63) is 12.2 Å². The Morgan fingerprint density at radius 3 is 2.79 bits per heavy atom. The van der Waals surface area contributed by atoms with E-state index in [2.05, 4.69) is 29.2 Å². The molecule has 0 amide bonds. The lowest BCUT2D eigenvalue weighted by Gasteiger charge is -2.30. The molecule has 0 radical (unpaired) electrons. The largest absolute Gasteiger partial charge is 0.396 e. The third-order valence-electron chi connectivity index (χ3n) is 4.13. The topological polar surface area (TPSA) is 63.0 Å².